The van der Waals surface area contributed by atoms with Gasteiger partial charge in [0, 0.05) is 42.5 Å². The first-order valence-corrected chi connectivity index (χ1v) is 13.5. The number of anilines is 2. The Bertz CT molecular complexity index is 1470. The van der Waals surface area contributed by atoms with Crippen molar-refractivity contribution in [3.63, 3.8) is 0 Å². The van der Waals surface area contributed by atoms with E-state index in [0.717, 1.165) is 37.7 Å². The van der Waals surface area contributed by atoms with Crippen LogP contribution in [0.25, 0.3) is 22.3 Å². The summed E-state index contributed by atoms with van der Waals surface area (Å²) in [6, 6.07) is 7.21. The van der Waals surface area contributed by atoms with Gasteiger partial charge in [-0.15, -0.1) is 0 Å². The number of halogens is 2. The predicted molar refractivity (Wildman–Crippen MR) is 150 cm³/mol. The average Bonchev–Trinajstić information content (AvgIpc) is 3.27. The number of benzene rings is 1. The maximum absolute atomic E-state index is 15.0. The summed E-state index contributed by atoms with van der Waals surface area (Å²) in [6.07, 6.45) is 5.13. The third-order valence-electron chi connectivity index (χ3n) is 8.02. The molecule has 5 rings (SSSR count). The van der Waals surface area contributed by atoms with E-state index in [0.29, 0.717) is 22.7 Å². The average molecular weight is 535 g/mol. The number of imidazole rings is 1. The fourth-order valence-corrected chi connectivity index (χ4v) is 5.39. The molecule has 2 N–H and O–H groups in total. The van der Waals surface area contributed by atoms with E-state index in [1.807, 2.05) is 50.7 Å². The molecule has 0 radical (unpaired) electrons. The Morgan fingerprint density at radius 2 is 1.72 bits per heavy atom. The first-order valence-electron chi connectivity index (χ1n) is 13.5. The van der Waals surface area contributed by atoms with Gasteiger partial charge in [0.05, 0.1) is 11.7 Å². The van der Waals surface area contributed by atoms with E-state index in [9.17, 15) is 8.78 Å². The van der Waals surface area contributed by atoms with Crippen LogP contribution in [0, 0.1) is 18.6 Å². The number of aryl methyl sites for hydroxylation is 1. The topological polar surface area (TPSA) is 83.8 Å². The van der Waals surface area contributed by atoms with Crippen LogP contribution < -0.4 is 10.6 Å². The molecule has 206 valence electrons. The Morgan fingerprint density at radius 1 is 0.974 bits per heavy atom. The number of hydrogen-bond acceptors (Lipinski definition) is 7. The zero-order chi connectivity index (χ0) is 27.9. The maximum Gasteiger partial charge on any atom is 0.229 e. The van der Waals surface area contributed by atoms with Gasteiger partial charge in [0.25, 0.3) is 0 Å². The Morgan fingerprint density at radius 3 is 2.36 bits per heavy atom. The van der Waals surface area contributed by atoms with Gasteiger partial charge in [-0.1, -0.05) is 6.07 Å². The van der Waals surface area contributed by atoms with Gasteiger partial charge in [-0.3, -0.25) is 4.90 Å². The van der Waals surface area contributed by atoms with Gasteiger partial charge >= 0.3 is 0 Å². The van der Waals surface area contributed by atoms with Crippen molar-refractivity contribution in [1.82, 2.24) is 34.7 Å². The van der Waals surface area contributed by atoms with Crippen molar-refractivity contribution in [1.29, 1.82) is 0 Å². The molecule has 0 amide bonds. The zero-order valence-electron chi connectivity index (χ0n) is 23.4. The summed E-state index contributed by atoms with van der Waals surface area (Å²) in [6.45, 7) is 12.3. The van der Waals surface area contributed by atoms with Crippen LogP contribution in [0.1, 0.15) is 64.0 Å². The number of piperidine rings is 1. The van der Waals surface area contributed by atoms with Gasteiger partial charge in [-0.05, 0) is 78.3 Å². The number of likely N-dealkylation sites (tertiary alicyclic amines) is 1. The number of pyridine rings is 1. The van der Waals surface area contributed by atoms with Crippen LogP contribution in [0.5, 0.6) is 0 Å². The molecular weight excluding hydrogens is 498 g/mol. The van der Waals surface area contributed by atoms with Crippen LogP contribution >= 0.6 is 0 Å². The lowest BCUT2D eigenvalue weighted by Gasteiger charge is -2.41. The minimum absolute atomic E-state index is 0.00590. The molecule has 3 aromatic heterocycles. The minimum Gasteiger partial charge on any atom is -0.326 e. The van der Waals surface area contributed by atoms with Gasteiger partial charge in [0.2, 0.25) is 5.95 Å². The van der Waals surface area contributed by atoms with E-state index in [1.54, 1.807) is 6.07 Å². The van der Waals surface area contributed by atoms with Crippen molar-refractivity contribution in [2.45, 2.75) is 65.1 Å². The van der Waals surface area contributed by atoms with Crippen molar-refractivity contribution in [3.05, 3.63) is 59.7 Å². The molecule has 1 atom stereocenters. The van der Waals surface area contributed by atoms with E-state index in [4.69, 9.17) is 0 Å². The highest BCUT2D eigenvalue weighted by Crippen LogP contribution is 2.31. The van der Waals surface area contributed by atoms with E-state index >= 15 is 0 Å². The van der Waals surface area contributed by atoms with Gasteiger partial charge in [-0.2, -0.15) is 0 Å². The molecule has 0 spiro atoms. The molecular formula is C29H36F2N8. The van der Waals surface area contributed by atoms with Gasteiger partial charge in [0.1, 0.15) is 22.9 Å². The van der Waals surface area contributed by atoms with Gasteiger partial charge < -0.3 is 15.2 Å². The second-order valence-electron chi connectivity index (χ2n) is 11.0. The van der Waals surface area contributed by atoms with Crippen LogP contribution in [0.2, 0.25) is 0 Å². The van der Waals surface area contributed by atoms with Crippen molar-refractivity contribution < 1.29 is 8.78 Å². The number of aromatic nitrogens is 5. The third-order valence-corrected chi connectivity index (χ3v) is 8.02. The summed E-state index contributed by atoms with van der Waals surface area (Å²) >= 11 is 0. The lowest BCUT2D eigenvalue weighted by atomic mass is 9.89. The second-order valence-corrected chi connectivity index (χ2v) is 11.0. The highest BCUT2D eigenvalue weighted by atomic mass is 19.1. The Labute approximate surface area is 227 Å². The number of nitrogens with one attached hydrogen (secondary N) is 2. The fraction of sp³-hybridized carbons (Fsp3) is 0.448. The van der Waals surface area contributed by atoms with E-state index < -0.39 is 11.6 Å². The van der Waals surface area contributed by atoms with Crippen molar-refractivity contribution >= 4 is 22.8 Å². The molecule has 39 heavy (non-hydrogen) atoms. The van der Waals surface area contributed by atoms with Crippen molar-refractivity contribution in [2.24, 2.45) is 0 Å². The summed E-state index contributed by atoms with van der Waals surface area (Å²) in [5.41, 5.74) is 2.50. The largest absolute Gasteiger partial charge is 0.326 e. The molecule has 8 nitrogen and oxygen atoms in total. The highest BCUT2D eigenvalue weighted by Gasteiger charge is 2.30. The summed E-state index contributed by atoms with van der Waals surface area (Å²) in [5.74, 6) is 0.256. The lowest BCUT2D eigenvalue weighted by molar-refractivity contribution is 0.117. The fourth-order valence-electron chi connectivity index (χ4n) is 5.39. The molecule has 1 fully saturated rings. The predicted octanol–water partition coefficient (Wildman–Crippen LogP) is 5.93. The van der Waals surface area contributed by atoms with E-state index in [-0.39, 0.29) is 34.8 Å². The highest BCUT2D eigenvalue weighted by molar-refractivity contribution is 5.83. The quantitative estimate of drug-likeness (QED) is 0.304. The molecule has 4 aromatic rings. The molecule has 1 unspecified atom stereocenters. The molecule has 0 aliphatic carbocycles. The molecule has 0 bridgehead atoms. The van der Waals surface area contributed by atoms with Crippen molar-refractivity contribution in [2.75, 3.05) is 25.5 Å². The van der Waals surface area contributed by atoms with Crippen LogP contribution in [0.15, 0.2) is 36.7 Å². The number of nitrogens with zero attached hydrogens (tertiary/aromatic N) is 6. The monoisotopic (exact) mass is 534 g/mol. The second kappa shape index (κ2) is 10.6. The van der Waals surface area contributed by atoms with E-state index in [2.05, 4.69) is 49.3 Å². The van der Waals surface area contributed by atoms with Gasteiger partial charge in [0.15, 0.2) is 11.6 Å². The molecule has 1 aliphatic heterocycles. The Balaban J connectivity index is 1.35. The molecule has 1 aromatic carbocycles. The van der Waals surface area contributed by atoms with Crippen molar-refractivity contribution in [3.8, 4) is 11.3 Å². The normalized spacial score (nSPS) is 16.6. The standard InChI is InChI=1S/C29H36F2N8/c1-17(2)39-19(4)35-27-22(30)13-21(14-24(27)39)26-23(31)16-34-28(37-26)36-25-8-7-20(15-33-25)18(3)38-11-9-29(5,32-6)10-12-38/h7-8,13-18,32H,9-12H2,1-6H3,(H,33,34,36,37). The maximum atomic E-state index is 15.0. The first-order chi connectivity index (χ1) is 18.6. The molecule has 1 saturated heterocycles. The Kier molecular flexibility index (Phi) is 7.35. The molecule has 4 heterocycles. The SMILES string of the molecule is CNC1(C)CCN(C(C)c2ccc(Nc3ncc(F)c(-c4cc(F)c5nc(C)n(C(C)C)c5c4)n3)nc2)CC1. The van der Waals surface area contributed by atoms with Gasteiger partial charge in [-0.25, -0.2) is 28.7 Å². The molecule has 1 aliphatic rings. The van der Waals surface area contributed by atoms with Crippen LogP contribution in [0.3, 0.4) is 0 Å². The van der Waals surface area contributed by atoms with Crippen LogP contribution in [-0.2, 0) is 0 Å². The minimum atomic E-state index is -0.639. The number of fused-ring (bicyclic) bond motifs is 1. The number of rotatable bonds is 7. The lowest BCUT2D eigenvalue weighted by Crippen LogP contribution is -2.50. The number of hydrogen-bond donors (Lipinski definition) is 2. The zero-order valence-corrected chi connectivity index (χ0v) is 23.4. The summed E-state index contributed by atoms with van der Waals surface area (Å²) < 4.78 is 31.8. The van der Waals surface area contributed by atoms with E-state index in [1.165, 1.54) is 6.07 Å². The summed E-state index contributed by atoms with van der Waals surface area (Å²) in [7, 11) is 2.03. The smallest absolute Gasteiger partial charge is 0.229 e. The Hall–Kier alpha value is -3.50. The summed E-state index contributed by atoms with van der Waals surface area (Å²) in [5, 5.41) is 6.50. The first kappa shape index (κ1) is 27.1. The molecule has 10 heteroatoms. The third kappa shape index (κ3) is 5.35. The summed E-state index contributed by atoms with van der Waals surface area (Å²) in [4.78, 5) is 19.8. The molecule has 0 saturated carbocycles. The van der Waals surface area contributed by atoms with Crippen LogP contribution in [0.4, 0.5) is 20.5 Å². The van der Waals surface area contributed by atoms with Crippen LogP contribution in [-0.4, -0.2) is 55.1 Å².